The van der Waals surface area contributed by atoms with Crippen molar-refractivity contribution in [3.05, 3.63) is 82.3 Å². The molecule has 214 valence electrons. The highest BCUT2D eigenvalue weighted by molar-refractivity contribution is 5.82. The molecule has 1 saturated carbocycles. The predicted octanol–water partition coefficient (Wildman–Crippen LogP) is 4.84. The van der Waals surface area contributed by atoms with Crippen molar-refractivity contribution in [2.75, 3.05) is 26.2 Å². The second kappa shape index (κ2) is 11.1. The summed E-state index contributed by atoms with van der Waals surface area (Å²) in [5, 5.41) is 0. The molecule has 4 aromatic rings. The van der Waals surface area contributed by atoms with Crippen LogP contribution in [0.15, 0.2) is 59.7 Å². The van der Waals surface area contributed by atoms with Crippen molar-refractivity contribution in [2.45, 2.75) is 58.7 Å². The molecule has 41 heavy (non-hydrogen) atoms. The van der Waals surface area contributed by atoms with Gasteiger partial charge in [-0.15, -0.1) is 0 Å². The first-order chi connectivity index (χ1) is 19.7. The molecule has 9 nitrogen and oxygen atoms in total. The third-order valence-electron chi connectivity index (χ3n) is 7.67. The maximum Gasteiger partial charge on any atom is 0.410 e. The number of fused-ring (bicyclic) bond motifs is 1. The van der Waals surface area contributed by atoms with E-state index in [0.29, 0.717) is 25.4 Å². The summed E-state index contributed by atoms with van der Waals surface area (Å²) in [5.41, 5.74) is 5.46. The van der Waals surface area contributed by atoms with E-state index >= 15 is 0 Å². The topological polar surface area (TPSA) is 96.3 Å². The van der Waals surface area contributed by atoms with Gasteiger partial charge in [-0.25, -0.2) is 9.78 Å². The van der Waals surface area contributed by atoms with Gasteiger partial charge in [0.05, 0.1) is 11.0 Å². The fourth-order valence-corrected chi connectivity index (χ4v) is 5.31. The average Bonchev–Trinajstić information content (AvgIpc) is 3.66. The van der Waals surface area contributed by atoms with Gasteiger partial charge >= 0.3 is 6.09 Å². The minimum Gasteiger partial charge on any atom is -0.444 e. The van der Waals surface area contributed by atoms with Crippen molar-refractivity contribution in [2.24, 2.45) is 5.92 Å². The monoisotopic (exact) mass is 554 g/mol. The number of carbonyl (C=O) groups is 1. The van der Waals surface area contributed by atoms with E-state index in [0.717, 1.165) is 59.9 Å². The van der Waals surface area contributed by atoms with Gasteiger partial charge in [0.2, 0.25) is 0 Å². The lowest BCUT2D eigenvalue weighted by molar-refractivity contribution is 0.0139. The molecule has 2 aliphatic rings. The first-order valence-electron chi connectivity index (χ1n) is 14.5. The Morgan fingerprint density at radius 1 is 1.02 bits per heavy atom. The van der Waals surface area contributed by atoms with Crippen LogP contribution >= 0.6 is 0 Å². The molecule has 1 aliphatic carbocycles. The number of pyridine rings is 2. The van der Waals surface area contributed by atoms with Crippen LogP contribution in [0.1, 0.15) is 50.7 Å². The number of benzene rings is 1. The lowest BCUT2D eigenvalue weighted by Crippen LogP contribution is -2.49. The molecule has 1 N–H and O–H groups in total. The van der Waals surface area contributed by atoms with E-state index in [9.17, 15) is 9.59 Å². The van der Waals surface area contributed by atoms with Crippen LogP contribution in [-0.4, -0.2) is 67.2 Å². The van der Waals surface area contributed by atoms with Gasteiger partial charge in [0.15, 0.2) is 0 Å². The number of aromatic nitrogens is 4. The Labute approximate surface area is 240 Å². The lowest BCUT2D eigenvalue weighted by atomic mass is 10.1. The molecular formula is C32H38N6O3. The van der Waals surface area contributed by atoms with Crippen LogP contribution in [0.2, 0.25) is 0 Å². The average molecular weight is 555 g/mol. The van der Waals surface area contributed by atoms with E-state index in [1.54, 1.807) is 11.0 Å². The summed E-state index contributed by atoms with van der Waals surface area (Å²) in [6, 6.07) is 14.0. The zero-order chi connectivity index (χ0) is 28.6. The SMILES string of the molecule is CC(C)(C)OC(=O)N1CCN(Cc2ccnc(Cc3nc4ccc(-c5ccn(CC6CC6)c(=O)c5)cc4[nH]3)c2)CC1. The number of hydrogen-bond acceptors (Lipinski definition) is 6. The van der Waals surface area contributed by atoms with E-state index < -0.39 is 5.60 Å². The highest BCUT2D eigenvalue weighted by Crippen LogP contribution is 2.30. The summed E-state index contributed by atoms with van der Waals surface area (Å²) < 4.78 is 7.33. The Morgan fingerprint density at radius 3 is 2.54 bits per heavy atom. The van der Waals surface area contributed by atoms with Gasteiger partial charge < -0.3 is 19.2 Å². The van der Waals surface area contributed by atoms with E-state index in [1.807, 2.05) is 62.0 Å². The molecule has 0 atom stereocenters. The van der Waals surface area contributed by atoms with Gasteiger partial charge in [-0.1, -0.05) is 6.07 Å². The maximum absolute atomic E-state index is 12.6. The van der Waals surface area contributed by atoms with Gasteiger partial charge in [-0.2, -0.15) is 0 Å². The number of ether oxygens (including phenoxy) is 1. The van der Waals surface area contributed by atoms with Gasteiger partial charge in [-0.05, 0) is 86.6 Å². The highest BCUT2D eigenvalue weighted by Gasteiger charge is 2.26. The third kappa shape index (κ3) is 6.85. The Kier molecular flexibility index (Phi) is 7.38. The molecule has 1 amide bonds. The number of aromatic amines is 1. The van der Waals surface area contributed by atoms with Crippen molar-refractivity contribution < 1.29 is 9.53 Å². The standard InChI is InChI=1S/C32H38N6O3/c1-32(2,3)41-31(40)37-14-12-36(13-15-37)20-23-8-10-33-26(16-23)19-29-34-27-7-6-24(17-28(27)35-29)25-9-11-38(30(39)18-25)21-22-4-5-22/h6-11,16-18,22H,4-5,12-15,19-21H2,1-3H3,(H,34,35). The lowest BCUT2D eigenvalue weighted by Gasteiger charge is -2.35. The largest absolute Gasteiger partial charge is 0.444 e. The molecule has 3 aromatic heterocycles. The number of imidazole rings is 1. The predicted molar refractivity (Wildman–Crippen MR) is 159 cm³/mol. The van der Waals surface area contributed by atoms with Crippen LogP contribution in [-0.2, 0) is 24.2 Å². The molecule has 1 aliphatic heterocycles. The Balaban J connectivity index is 1.08. The maximum atomic E-state index is 12.6. The fourth-order valence-electron chi connectivity index (χ4n) is 5.31. The van der Waals surface area contributed by atoms with Crippen LogP contribution < -0.4 is 5.56 Å². The molecule has 0 radical (unpaired) electrons. The van der Waals surface area contributed by atoms with Crippen LogP contribution in [0.4, 0.5) is 4.79 Å². The first kappa shape index (κ1) is 27.2. The summed E-state index contributed by atoms with van der Waals surface area (Å²) in [6.07, 6.45) is 6.58. The van der Waals surface area contributed by atoms with E-state index in [2.05, 4.69) is 27.0 Å². The van der Waals surface area contributed by atoms with Gasteiger partial charge in [-0.3, -0.25) is 14.7 Å². The zero-order valence-electron chi connectivity index (χ0n) is 24.1. The van der Waals surface area contributed by atoms with Crippen molar-refractivity contribution in [1.29, 1.82) is 0 Å². The Hall–Kier alpha value is -3.98. The van der Waals surface area contributed by atoms with Crippen molar-refractivity contribution >= 4 is 17.1 Å². The van der Waals surface area contributed by atoms with Crippen LogP contribution in [0, 0.1) is 5.92 Å². The molecular weight excluding hydrogens is 516 g/mol. The molecule has 6 rings (SSSR count). The van der Waals surface area contributed by atoms with E-state index in [-0.39, 0.29) is 11.7 Å². The van der Waals surface area contributed by atoms with Crippen molar-refractivity contribution in [3.63, 3.8) is 0 Å². The number of piperazine rings is 1. The van der Waals surface area contributed by atoms with Crippen molar-refractivity contribution in [3.8, 4) is 11.1 Å². The number of H-pyrrole nitrogens is 1. The number of amides is 1. The van der Waals surface area contributed by atoms with Crippen LogP contribution in [0.25, 0.3) is 22.2 Å². The molecule has 0 bridgehead atoms. The summed E-state index contributed by atoms with van der Waals surface area (Å²) in [7, 11) is 0. The molecule has 4 heterocycles. The van der Waals surface area contributed by atoms with Crippen LogP contribution in [0.5, 0.6) is 0 Å². The fraction of sp³-hybridized carbons (Fsp3) is 0.438. The van der Waals surface area contributed by atoms with Gasteiger partial charge in [0, 0.05) is 69.8 Å². The minimum atomic E-state index is -0.480. The third-order valence-corrected chi connectivity index (χ3v) is 7.67. The second-order valence-corrected chi connectivity index (χ2v) is 12.3. The van der Waals surface area contributed by atoms with Gasteiger partial charge in [0.25, 0.3) is 5.56 Å². The normalized spacial score (nSPS) is 16.3. The smallest absolute Gasteiger partial charge is 0.410 e. The number of carbonyl (C=O) groups excluding carboxylic acids is 1. The first-order valence-corrected chi connectivity index (χ1v) is 14.5. The van der Waals surface area contributed by atoms with Crippen LogP contribution in [0.3, 0.4) is 0 Å². The van der Waals surface area contributed by atoms with E-state index in [1.165, 1.54) is 18.4 Å². The molecule has 0 spiro atoms. The number of nitrogens with zero attached hydrogens (tertiary/aromatic N) is 5. The Bertz CT molecular complexity index is 1610. The highest BCUT2D eigenvalue weighted by atomic mass is 16.6. The van der Waals surface area contributed by atoms with Gasteiger partial charge in [0.1, 0.15) is 11.4 Å². The van der Waals surface area contributed by atoms with Crippen molar-refractivity contribution in [1.82, 2.24) is 29.3 Å². The number of rotatable bonds is 7. The summed E-state index contributed by atoms with van der Waals surface area (Å²) >= 11 is 0. The number of hydrogen-bond donors (Lipinski definition) is 1. The number of nitrogens with one attached hydrogen (secondary N) is 1. The zero-order valence-corrected chi connectivity index (χ0v) is 24.1. The molecule has 1 aromatic carbocycles. The quantitative estimate of drug-likeness (QED) is 0.351. The second-order valence-electron chi connectivity index (χ2n) is 12.3. The summed E-state index contributed by atoms with van der Waals surface area (Å²) in [6.45, 7) is 10.2. The Morgan fingerprint density at radius 2 is 1.80 bits per heavy atom. The summed E-state index contributed by atoms with van der Waals surface area (Å²) in [4.78, 5) is 41.9. The van der Waals surface area contributed by atoms with E-state index in [4.69, 9.17) is 9.72 Å². The molecule has 1 saturated heterocycles. The molecule has 2 fully saturated rings. The summed E-state index contributed by atoms with van der Waals surface area (Å²) in [5.74, 6) is 1.52. The molecule has 0 unspecified atom stereocenters. The molecule has 9 heteroatoms. The minimum absolute atomic E-state index is 0.0515.